The van der Waals surface area contributed by atoms with E-state index in [2.05, 4.69) is 10.00 Å². The van der Waals surface area contributed by atoms with Gasteiger partial charge in [0.1, 0.15) is 11.7 Å². The fourth-order valence-electron chi connectivity index (χ4n) is 4.37. The van der Waals surface area contributed by atoms with Gasteiger partial charge >= 0.3 is 0 Å². The van der Waals surface area contributed by atoms with Crippen LogP contribution < -0.4 is 5.73 Å². The van der Waals surface area contributed by atoms with Gasteiger partial charge in [-0.3, -0.25) is 9.58 Å². The van der Waals surface area contributed by atoms with Gasteiger partial charge in [0.25, 0.3) is 0 Å². The Bertz CT molecular complexity index is 761. The van der Waals surface area contributed by atoms with E-state index in [0.717, 1.165) is 24.3 Å². The summed E-state index contributed by atoms with van der Waals surface area (Å²) in [5, 5.41) is 14.0. The summed E-state index contributed by atoms with van der Waals surface area (Å²) in [7, 11) is 0. The number of aliphatic hydroxyl groups excluding tert-OH is 1. The van der Waals surface area contributed by atoms with Gasteiger partial charge in [-0.2, -0.15) is 5.10 Å². The molecular weight excluding hydrogens is 354 g/mol. The summed E-state index contributed by atoms with van der Waals surface area (Å²) in [6.45, 7) is 4.14. The van der Waals surface area contributed by atoms with Crippen molar-refractivity contribution in [2.45, 2.75) is 63.7 Å². The van der Waals surface area contributed by atoms with Gasteiger partial charge in [-0.25, -0.2) is 8.78 Å². The molecule has 1 fully saturated rings. The van der Waals surface area contributed by atoms with E-state index >= 15 is 0 Å². The number of aliphatic hydroxyl groups is 1. The fraction of sp³-hybridized carbons (Fsp3) is 0.632. The number of rotatable bonds is 4. The molecule has 0 radical (unpaired) electrons. The van der Waals surface area contributed by atoms with E-state index in [9.17, 15) is 13.9 Å². The van der Waals surface area contributed by atoms with Crippen LogP contribution in [0.2, 0.25) is 0 Å². The summed E-state index contributed by atoms with van der Waals surface area (Å²) >= 11 is 0. The second kappa shape index (κ2) is 7.43. The maximum Gasteiger partial charge on any atom is 0.106 e. The molecule has 1 saturated heterocycles. The van der Waals surface area contributed by atoms with E-state index < -0.39 is 18.1 Å². The van der Waals surface area contributed by atoms with Gasteiger partial charge in [-0.15, -0.1) is 0 Å². The van der Waals surface area contributed by atoms with Crippen molar-refractivity contribution in [2.24, 2.45) is 11.7 Å². The highest BCUT2D eigenvalue weighted by molar-refractivity contribution is 5.24. The fourth-order valence-corrected chi connectivity index (χ4v) is 4.37. The number of ether oxygens (including phenoxy) is 1. The summed E-state index contributed by atoms with van der Waals surface area (Å²) in [5.41, 5.74) is 8.58. The maximum absolute atomic E-state index is 14.1. The highest BCUT2D eigenvalue weighted by atomic mass is 19.1. The van der Waals surface area contributed by atoms with Gasteiger partial charge in [0.05, 0.1) is 37.3 Å². The number of hydrogen-bond acceptors (Lipinski definition) is 5. The smallest absolute Gasteiger partial charge is 0.106 e. The third-order valence-corrected chi connectivity index (χ3v) is 5.75. The minimum atomic E-state index is -0.638. The molecule has 1 aromatic rings. The Morgan fingerprint density at radius 2 is 2.19 bits per heavy atom. The number of hydrogen-bond donors (Lipinski definition) is 2. The quantitative estimate of drug-likeness (QED) is 0.833. The van der Waals surface area contributed by atoms with E-state index in [0.29, 0.717) is 19.6 Å². The molecule has 148 valence electrons. The topological polar surface area (TPSA) is 76.5 Å². The molecule has 1 aromatic heterocycles. The van der Waals surface area contributed by atoms with Crippen LogP contribution in [0.5, 0.6) is 0 Å². The lowest BCUT2D eigenvalue weighted by molar-refractivity contribution is -0.0730. The Hall–Kier alpha value is -1.61. The average Bonchev–Trinajstić information content (AvgIpc) is 3.19. The monoisotopic (exact) mass is 380 g/mol. The van der Waals surface area contributed by atoms with Crippen molar-refractivity contribution in [3.05, 3.63) is 41.3 Å². The van der Waals surface area contributed by atoms with Gasteiger partial charge in [0.15, 0.2) is 0 Å². The molecule has 27 heavy (non-hydrogen) atoms. The first-order chi connectivity index (χ1) is 12.9. The number of nitrogens with two attached hydrogens (primary N) is 1. The number of aromatic nitrogens is 2. The van der Waals surface area contributed by atoms with E-state index in [4.69, 9.17) is 10.5 Å². The molecule has 5 atom stereocenters. The Morgan fingerprint density at radius 1 is 1.37 bits per heavy atom. The molecule has 3 N–H and O–H groups in total. The van der Waals surface area contributed by atoms with E-state index in [-0.39, 0.29) is 30.2 Å². The number of allylic oxidation sites excluding steroid dienone is 3. The highest BCUT2D eigenvalue weighted by Gasteiger charge is 2.40. The summed E-state index contributed by atoms with van der Waals surface area (Å²) in [5.74, 6) is -1.33. The lowest BCUT2D eigenvalue weighted by Gasteiger charge is -2.41. The van der Waals surface area contributed by atoms with Crippen LogP contribution in [-0.4, -0.2) is 50.7 Å². The molecule has 0 bridgehead atoms. The third-order valence-electron chi connectivity index (χ3n) is 5.75. The first kappa shape index (κ1) is 18.7. The summed E-state index contributed by atoms with van der Waals surface area (Å²) in [6.07, 6.45) is 3.92. The molecule has 0 spiro atoms. The van der Waals surface area contributed by atoms with Gasteiger partial charge in [-0.05, 0) is 25.5 Å². The average molecular weight is 380 g/mol. The van der Waals surface area contributed by atoms with Crippen LogP contribution in [0.3, 0.4) is 0 Å². The molecule has 4 rings (SSSR count). The molecule has 0 amide bonds. The van der Waals surface area contributed by atoms with Crippen molar-refractivity contribution in [3.8, 4) is 0 Å². The standard InChI is InChI=1S/C19H26F2N4O2/c1-11(26)7-25-18-9-24(8-12(18)6-23-25)14-5-17(22)19(27-10-14)15-4-13(20)2-3-16(15)21/h2-3,6,11,14-15,17,19,26H,4-5,7-10,22H2,1H3/t11-,14-,15?,17+,19-/m1/s1. The van der Waals surface area contributed by atoms with Crippen LogP contribution in [0.1, 0.15) is 31.0 Å². The van der Waals surface area contributed by atoms with Gasteiger partial charge in [-0.1, -0.05) is 0 Å². The van der Waals surface area contributed by atoms with Gasteiger partial charge in [0, 0.05) is 43.1 Å². The second-order valence-electron chi connectivity index (χ2n) is 7.88. The SMILES string of the molecule is C[C@@H](O)Cn1ncc2c1CN([C@H]1CO[C@H](C3CC(F)=CC=C3F)[C@@H](N)C1)C2. The predicted molar refractivity (Wildman–Crippen MR) is 95.8 cm³/mol. The van der Waals surface area contributed by atoms with Gasteiger partial charge < -0.3 is 15.6 Å². The van der Waals surface area contributed by atoms with Crippen LogP contribution in [0.15, 0.2) is 30.0 Å². The zero-order chi connectivity index (χ0) is 19.1. The molecular formula is C19H26F2N4O2. The zero-order valence-corrected chi connectivity index (χ0v) is 15.4. The van der Waals surface area contributed by atoms with E-state index in [1.807, 2.05) is 10.9 Å². The molecule has 2 aliphatic heterocycles. The van der Waals surface area contributed by atoms with E-state index in [1.54, 1.807) is 6.92 Å². The minimum absolute atomic E-state index is 0.00962. The molecule has 1 unspecified atom stereocenters. The van der Waals surface area contributed by atoms with Crippen LogP contribution in [0.25, 0.3) is 0 Å². The number of halogens is 2. The molecule has 3 aliphatic rings. The van der Waals surface area contributed by atoms with Crippen molar-refractivity contribution in [1.29, 1.82) is 0 Å². The largest absolute Gasteiger partial charge is 0.391 e. The highest BCUT2D eigenvalue weighted by Crippen LogP contribution is 2.36. The predicted octanol–water partition coefficient (Wildman–Crippen LogP) is 1.79. The van der Waals surface area contributed by atoms with Crippen molar-refractivity contribution in [1.82, 2.24) is 14.7 Å². The Balaban J connectivity index is 1.39. The lowest BCUT2D eigenvalue weighted by Crippen LogP contribution is -2.53. The normalized spacial score (nSPS) is 32.8. The van der Waals surface area contributed by atoms with Crippen LogP contribution in [0.4, 0.5) is 8.78 Å². The van der Waals surface area contributed by atoms with Crippen LogP contribution in [0, 0.1) is 5.92 Å². The molecule has 1 aliphatic carbocycles. The molecule has 8 heteroatoms. The Morgan fingerprint density at radius 3 is 2.93 bits per heavy atom. The van der Waals surface area contributed by atoms with Crippen LogP contribution >= 0.6 is 0 Å². The van der Waals surface area contributed by atoms with Crippen LogP contribution in [-0.2, 0) is 24.4 Å². The first-order valence-electron chi connectivity index (χ1n) is 9.47. The molecule has 6 nitrogen and oxygen atoms in total. The molecule has 0 saturated carbocycles. The molecule has 0 aromatic carbocycles. The number of fused-ring (bicyclic) bond motifs is 1. The molecule has 3 heterocycles. The van der Waals surface area contributed by atoms with Crippen molar-refractivity contribution >= 4 is 0 Å². The van der Waals surface area contributed by atoms with Gasteiger partial charge in [0.2, 0.25) is 0 Å². The summed E-state index contributed by atoms with van der Waals surface area (Å²) < 4.78 is 35.5. The van der Waals surface area contributed by atoms with E-state index in [1.165, 1.54) is 12.2 Å². The zero-order valence-electron chi connectivity index (χ0n) is 15.4. The van der Waals surface area contributed by atoms with Crippen molar-refractivity contribution < 1.29 is 18.6 Å². The van der Waals surface area contributed by atoms with Crippen molar-refractivity contribution in [3.63, 3.8) is 0 Å². The lowest BCUT2D eigenvalue weighted by atomic mass is 9.85. The summed E-state index contributed by atoms with van der Waals surface area (Å²) in [6, 6.07) is -0.226. The Labute approximate surface area is 157 Å². The minimum Gasteiger partial charge on any atom is -0.391 e. The van der Waals surface area contributed by atoms with Crippen molar-refractivity contribution in [2.75, 3.05) is 6.61 Å². The first-order valence-corrected chi connectivity index (χ1v) is 9.47. The number of nitrogens with zero attached hydrogens (tertiary/aromatic N) is 3. The summed E-state index contributed by atoms with van der Waals surface area (Å²) in [4.78, 5) is 2.29. The second-order valence-corrected chi connectivity index (χ2v) is 7.88. The Kier molecular flexibility index (Phi) is 5.15. The third kappa shape index (κ3) is 3.71. The maximum atomic E-state index is 14.1.